The minimum Gasteiger partial charge on any atom is -0.505 e. The first-order valence-electron chi connectivity index (χ1n) is 6.85. The fourth-order valence-corrected chi connectivity index (χ4v) is 1.89. The zero-order valence-corrected chi connectivity index (χ0v) is 12.1. The summed E-state index contributed by atoms with van der Waals surface area (Å²) in [6.45, 7) is 4.96. The number of benzene rings is 1. The van der Waals surface area contributed by atoms with E-state index in [9.17, 15) is 4.39 Å². The Balaban J connectivity index is 1.95. The number of aromatic hydroxyl groups is 1. The quantitative estimate of drug-likeness (QED) is 0.858. The molecule has 0 aliphatic heterocycles. The number of phenols is 1. The second-order valence-corrected chi connectivity index (χ2v) is 5.02. The highest BCUT2D eigenvalue weighted by Gasteiger charge is 2.07. The lowest BCUT2D eigenvalue weighted by Gasteiger charge is -2.13. The average molecular weight is 290 g/mol. The lowest BCUT2D eigenvalue weighted by Crippen LogP contribution is -2.15. The van der Waals surface area contributed by atoms with Crippen LogP contribution in [0.3, 0.4) is 0 Å². The Kier molecular flexibility index (Phi) is 5.11. The molecule has 0 fully saturated rings. The van der Waals surface area contributed by atoms with Gasteiger partial charge in [0, 0.05) is 24.8 Å². The van der Waals surface area contributed by atoms with Crippen molar-refractivity contribution in [3.63, 3.8) is 0 Å². The second kappa shape index (κ2) is 7.04. The van der Waals surface area contributed by atoms with E-state index in [0.29, 0.717) is 19.0 Å². The van der Waals surface area contributed by atoms with Crippen molar-refractivity contribution in [2.75, 3.05) is 0 Å². The van der Waals surface area contributed by atoms with Crippen LogP contribution in [0.1, 0.15) is 25.0 Å². The molecule has 0 radical (unpaired) electrons. The molecule has 1 heterocycles. The first-order chi connectivity index (χ1) is 10.1. The van der Waals surface area contributed by atoms with Crippen molar-refractivity contribution in [3.8, 4) is 11.6 Å². The van der Waals surface area contributed by atoms with E-state index in [0.717, 1.165) is 11.1 Å². The molecule has 2 rings (SSSR count). The van der Waals surface area contributed by atoms with Crippen LogP contribution >= 0.6 is 0 Å². The number of ether oxygens (including phenoxy) is 1. The van der Waals surface area contributed by atoms with E-state index in [2.05, 4.69) is 10.3 Å². The number of halogens is 1. The van der Waals surface area contributed by atoms with E-state index in [-0.39, 0.29) is 11.9 Å². The van der Waals surface area contributed by atoms with Crippen LogP contribution in [0.15, 0.2) is 36.5 Å². The summed E-state index contributed by atoms with van der Waals surface area (Å²) >= 11 is 0. The van der Waals surface area contributed by atoms with Gasteiger partial charge in [0.25, 0.3) is 0 Å². The number of aromatic nitrogens is 1. The van der Waals surface area contributed by atoms with Crippen LogP contribution in [0.25, 0.3) is 0 Å². The third kappa shape index (κ3) is 4.43. The number of nitrogens with zero attached hydrogens (tertiary/aromatic N) is 1. The number of hydrogen-bond donors (Lipinski definition) is 2. The molecule has 0 aliphatic rings. The van der Waals surface area contributed by atoms with Crippen LogP contribution in [-0.2, 0) is 13.1 Å². The van der Waals surface area contributed by atoms with Gasteiger partial charge in [-0.15, -0.1) is 0 Å². The van der Waals surface area contributed by atoms with Crippen LogP contribution in [0, 0.1) is 5.82 Å². The molecule has 0 bridgehead atoms. The molecule has 0 saturated carbocycles. The zero-order valence-electron chi connectivity index (χ0n) is 12.1. The molecule has 2 aromatic rings. The minimum absolute atomic E-state index is 0.0600. The molecule has 0 unspecified atom stereocenters. The molecule has 4 nitrogen and oxygen atoms in total. The smallest absolute Gasteiger partial charge is 0.218 e. The molecule has 21 heavy (non-hydrogen) atoms. The molecule has 1 aromatic carbocycles. The van der Waals surface area contributed by atoms with Crippen molar-refractivity contribution >= 4 is 0 Å². The summed E-state index contributed by atoms with van der Waals surface area (Å²) in [5, 5.41) is 12.4. The summed E-state index contributed by atoms with van der Waals surface area (Å²) in [7, 11) is 0. The second-order valence-electron chi connectivity index (χ2n) is 5.02. The Hall–Kier alpha value is -2.14. The van der Waals surface area contributed by atoms with Gasteiger partial charge in [-0.1, -0.05) is 12.1 Å². The van der Waals surface area contributed by atoms with E-state index in [1.807, 2.05) is 26.0 Å². The summed E-state index contributed by atoms with van der Waals surface area (Å²) in [5.41, 5.74) is 1.71. The van der Waals surface area contributed by atoms with Gasteiger partial charge in [-0.3, -0.25) is 0 Å². The van der Waals surface area contributed by atoms with E-state index in [1.165, 1.54) is 12.1 Å². The highest BCUT2D eigenvalue weighted by atomic mass is 19.1. The predicted molar refractivity (Wildman–Crippen MR) is 78.6 cm³/mol. The maximum Gasteiger partial charge on any atom is 0.218 e. The van der Waals surface area contributed by atoms with E-state index in [4.69, 9.17) is 9.84 Å². The third-order valence-corrected chi connectivity index (χ3v) is 2.85. The Labute approximate surface area is 123 Å². The van der Waals surface area contributed by atoms with Crippen molar-refractivity contribution < 1.29 is 14.2 Å². The van der Waals surface area contributed by atoms with Gasteiger partial charge < -0.3 is 15.2 Å². The van der Waals surface area contributed by atoms with Crippen molar-refractivity contribution in [1.82, 2.24) is 10.3 Å². The SMILES string of the molecule is CC(C)Oc1ncccc1CNCc1ccc(O)c(F)c1. The number of phenolic OH excluding ortho intramolecular Hbond substituents is 1. The molecule has 0 saturated heterocycles. The molecule has 112 valence electrons. The molecule has 2 N–H and O–H groups in total. The maximum atomic E-state index is 13.2. The first kappa shape index (κ1) is 15.3. The standard InChI is InChI=1S/C16H19FN2O2/c1-11(2)21-16-13(4-3-7-19-16)10-18-9-12-5-6-15(20)14(17)8-12/h3-8,11,18,20H,9-10H2,1-2H3. The lowest BCUT2D eigenvalue weighted by molar-refractivity contribution is 0.229. The van der Waals surface area contributed by atoms with Crippen LogP contribution < -0.4 is 10.1 Å². The number of pyridine rings is 1. The Bertz CT molecular complexity index is 603. The largest absolute Gasteiger partial charge is 0.505 e. The van der Waals surface area contributed by atoms with Gasteiger partial charge in [-0.05, 0) is 37.6 Å². The van der Waals surface area contributed by atoms with Gasteiger partial charge >= 0.3 is 0 Å². The highest BCUT2D eigenvalue weighted by Crippen LogP contribution is 2.17. The van der Waals surface area contributed by atoms with E-state index < -0.39 is 5.82 Å². The van der Waals surface area contributed by atoms with Crippen LogP contribution in [0.2, 0.25) is 0 Å². The first-order valence-corrected chi connectivity index (χ1v) is 6.85. The summed E-state index contributed by atoms with van der Waals surface area (Å²) in [6, 6.07) is 8.14. The van der Waals surface area contributed by atoms with Gasteiger partial charge in [0.1, 0.15) is 0 Å². The van der Waals surface area contributed by atoms with Gasteiger partial charge in [0.05, 0.1) is 6.10 Å². The molecule has 0 aliphatic carbocycles. The highest BCUT2D eigenvalue weighted by molar-refractivity contribution is 5.28. The van der Waals surface area contributed by atoms with Crippen LogP contribution in [0.5, 0.6) is 11.6 Å². The fraction of sp³-hybridized carbons (Fsp3) is 0.312. The van der Waals surface area contributed by atoms with Gasteiger partial charge in [-0.25, -0.2) is 9.37 Å². The van der Waals surface area contributed by atoms with Crippen LogP contribution in [-0.4, -0.2) is 16.2 Å². The molecule has 0 atom stereocenters. The lowest BCUT2D eigenvalue weighted by atomic mass is 10.2. The maximum absolute atomic E-state index is 13.2. The molecular formula is C16H19FN2O2. The van der Waals surface area contributed by atoms with Crippen LogP contribution in [0.4, 0.5) is 4.39 Å². The number of hydrogen-bond acceptors (Lipinski definition) is 4. The zero-order chi connectivity index (χ0) is 15.2. The normalized spacial score (nSPS) is 10.9. The van der Waals surface area contributed by atoms with Gasteiger partial charge in [0.2, 0.25) is 5.88 Å². The number of rotatable bonds is 6. The summed E-state index contributed by atoms with van der Waals surface area (Å²) < 4.78 is 18.9. The average Bonchev–Trinajstić information content (AvgIpc) is 2.44. The van der Waals surface area contributed by atoms with E-state index >= 15 is 0 Å². The van der Waals surface area contributed by atoms with Gasteiger partial charge in [-0.2, -0.15) is 0 Å². The number of nitrogens with one attached hydrogen (secondary N) is 1. The minimum atomic E-state index is -0.612. The molecule has 0 amide bonds. The summed E-state index contributed by atoms with van der Waals surface area (Å²) in [6.07, 6.45) is 1.75. The predicted octanol–water partition coefficient (Wildman–Crippen LogP) is 3.00. The third-order valence-electron chi connectivity index (χ3n) is 2.85. The topological polar surface area (TPSA) is 54.4 Å². The Morgan fingerprint density at radius 1 is 1.29 bits per heavy atom. The Morgan fingerprint density at radius 2 is 2.10 bits per heavy atom. The molecule has 5 heteroatoms. The van der Waals surface area contributed by atoms with Crippen molar-refractivity contribution in [2.24, 2.45) is 0 Å². The monoisotopic (exact) mass is 290 g/mol. The van der Waals surface area contributed by atoms with Gasteiger partial charge in [0.15, 0.2) is 11.6 Å². The van der Waals surface area contributed by atoms with Crippen molar-refractivity contribution in [2.45, 2.75) is 33.0 Å². The molecular weight excluding hydrogens is 271 g/mol. The fourth-order valence-electron chi connectivity index (χ4n) is 1.89. The van der Waals surface area contributed by atoms with E-state index in [1.54, 1.807) is 12.3 Å². The van der Waals surface area contributed by atoms with Crippen molar-refractivity contribution in [3.05, 3.63) is 53.5 Å². The summed E-state index contributed by atoms with van der Waals surface area (Å²) in [5.74, 6) is -0.338. The molecule has 1 aromatic heterocycles. The van der Waals surface area contributed by atoms with Crippen molar-refractivity contribution in [1.29, 1.82) is 0 Å². The summed E-state index contributed by atoms with van der Waals surface area (Å²) in [4.78, 5) is 4.21. The Morgan fingerprint density at radius 3 is 2.81 bits per heavy atom. The molecule has 0 spiro atoms.